The molecule has 0 saturated carbocycles. The third-order valence-electron chi connectivity index (χ3n) is 1.82. The Kier molecular flexibility index (Phi) is 1.77. The molecule has 3 heteroatoms. The molecular formula is C10H9NO2. The van der Waals surface area contributed by atoms with Crippen molar-refractivity contribution in [2.75, 3.05) is 0 Å². The summed E-state index contributed by atoms with van der Waals surface area (Å²) < 4.78 is 5.21. The van der Waals surface area contributed by atoms with Gasteiger partial charge in [0.2, 0.25) is 5.78 Å². The molecule has 0 amide bonds. The van der Waals surface area contributed by atoms with Crippen LogP contribution in [0.4, 0.5) is 0 Å². The van der Waals surface area contributed by atoms with E-state index in [9.17, 15) is 4.79 Å². The maximum absolute atomic E-state index is 11.6. The fourth-order valence-electron chi connectivity index (χ4n) is 1.16. The van der Waals surface area contributed by atoms with Gasteiger partial charge in [0.05, 0.1) is 0 Å². The minimum Gasteiger partial charge on any atom is -0.458 e. The van der Waals surface area contributed by atoms with E-state index in [4.69, 9.17) is 4.42 Å². The molecule has 0 radical (unpaired) electrons. The summed E-state index contributed by atoms with van der Waals surface area (Å²) in [6.45, 7) is 1.81. The largest absolute Gasteiger partial charge is 0.458 e. The lowest BCUT2D eigenvalue weighted by Gasteiger charge is -1.91. The summed E-state index contributed by atoms with van der Waals surface area (Å²) in [5, 5.41) is 0. The van der Waals surface area contributed by atoms with Gasteiger partial charge >= 0.3 is 0 Å². The second-order valence-corrected chi connectivity index (χ2v) is 2.84. The molecule has 0 unspecified atom stereocenters. The van der Waals surface area contributed by atoms with Gasteiger partial charge in [0.1, 0.15) is 5.76 Å². The van der Waals surface area contributed by atoms with Crippen molar-refractivity contribution in [3.05, 3.63) is 47.7 Å². The van der Waals surface area contributed by atoms with E-state index in [1.54, 1.807) is 30.6 Å². The molecule has 0 atom stereocenters. The van der Waals surface area contributed by atoms with Crippen LogP contribution >= 0.6 is 0 Å². The number of ketones is 1. The molecule has 2 rings (SSSR count). The first-order valence-corrected chi connectivity index (χ1v) is 4.01. The second kappa shape index (κ2) is 2.94. The molecule has 0 aliphatic carbocycles. The highest BCUT2D eigenvalue weighted by molar-refractivity contribution is 6.06. The van der Waals surface area contributed by atoms with E-state index in [1.165, 1.54) is 0 Å². The third kappa shape index (κ3) is 1.40. The van der Waals surface area contributed by atoms with E-state index < -0.39 is 0 Å². The third-order valence-corrected chi connectivity index (χ3v) is 1.82. The number of aryl methyl sites for hydroxylation is 1. The van der Waals surface area contributed by atoms with Crippen LogP contribution in [0.5, 0.6) is 0 Å². The zero-order valence-electron chi connectivity index (χ0n) is 7.20. The predicted octanol–water partition coefficient (Wildman–Crippen LogP) is 2.15. The molecule has 0 spiro atoms. The molecule has 0 bridgehead atoms. The standard InChI is InChI=1S/C10H9NO2/c1-7-2-3-9(13-7)10(12)8-4-5-11-6-8/h2-6,11H,1H3. The van der Waals surface area contributed by atoms with Crippen molar-refractivity contribution < 1.29 is 9.21 Å². The van der Waals surface area contributed by atoms with Crippen LogP contribution in [0.3, 0.4) is 0 Å². The minimum atomic E-state index is -0.0886. The van der Waals surface area contributed by atoms with Crippen LogP contribution in [-0.2, 0) is 0 Å². The van der Waals surface area contributed by atoms with E-state index in [2.05, 4.69) is 4.98 Å². The molecule has 66 valence electrons. The number of carbonyl (C=O) groups excluding carboxylic acids is 1. The molecule has 3 nitrogen and oxygen atoms in total. The number of nitrogens with one attached hydrogen (secondary N) is 1. The van der Waals surface area contributed by atoms with Crippen molar-refractivity contribution >= 4 is 5.78 Å². The van der Waals surface area contributed by atoms with Crippen molar-refractivity contribution in [3.63, 3.8) is 0 Å². The Morgan fingerprint density at radius 2 is 2.23 bits per heavy atom. The number of H-pyrrole nitrogens is 1. The molecule has 0 fully saturated rings. The highest BCUT2D eigenvalue weighted by Gasteiger charge is 2.12. The van der Waals surface area contributed by atoms with Crippen molar-refractivity contribution in [1.29, 1.82) is 0 Å². The monoisotopic (exact) mass is 175 g/mol. The van der Waals surface area contributed by atoms with Gasteiger partial charge in [0, 0.05) is 18.0 Å². The van der Waals surface area contributed by atoms with Gasteiger partial charge in [-0.25, -0.2) is 0 Å². The van der Waals surface area contributed by atoms with Crippen LogP contribution in [0.2, 0.25) is 0 Å². The molecule has 0 aromatic carbocycles. The maximum Gasteiger partial charge on any atom is 0.229 e. The van der Waals surface area contributed by atoms with Gasteiger partial charge in [-0.2, -0.15) is 0 Å². The Bertz CT molecular complexity index is 412. The van der Waals surface area contributed by atoms with Crippen LogP contribution in [0.1, 0.15) is 21.9 Å². The van der Waals surface area contributed by atoms with E-state index in [0.717, 1.165) is 5.76 Å². The summed E-state index contributed by atoms with van der Waals surface area (Å²) in [5.41, 5.74) is 0.620. The average molecular weight is 175 g/mol. The van der Waals surface area contributed by atoms with Crippen molar-refractivity contribution in [3.8, 4) is 0 Å². The number of aromatic nitrogens is 1. The number of aromatic amines is 1. The van der Waals surface area contributed by atoms with Crippen LogP contribution in [0.15, 0.2) is 35.0 Å². The molecule has 0 aliphatic heterocycles. The Balaban J connectivity index is 2.33. The van der Waals surface area contributed by atoms with Crippen molar-refractivity contribution in [2.45, 2.75) is 6.92 Å². The lowest BCUT2D eigenvalue weighted by atomic mass is 10.2. The molecule has 2 heterocycles. The number of furan rings is 1. The predicted molar refractivity (Wildman–Crippen MR) is 47.7 cm³/mol. The average Bonchev–Trinajstić information content (AvgIpc) is 2.72. The summed E-state index contributed by atoms with van der Waals surface area (Å²) in [6.07, 6.45) is 3.36. The minimum absolute atomic E-state index is 0.0886. The summed E-state index contributed by atoms with van der Waals surface area (Å²) in [7, 11) is 0. The van der Waals surface area contributed by atoms with E-state index in [-0.39, 0.29) is 5.78 Å². The Morgan fingerprint density at radius 1 is 1.38 bits per heavy atom. The molecule has 2 aromatic heterocycles. The van der Waals surface area contributed by atoms with Crippen molar-refractivity contribution in [2.24, 2.45) is 0 Å². The lowest BCUT2D eigenvalue weighted by molar-refractivity contribution is 0.101. The molecule has 2 aromatic rings. The van der Waals surface area contributed by atoms with Crippen LogP contribution in [-0.4, -0.2) is 10.8 Å². The number of carbonyl (C=O) groups is 1. The zero-order chi connectivity index (χ0) is 9.26. The quantitative estimate of drug-likeness (QED) is 0.711. The van der Waals surface area contributed by atoms with Crippen LogP contribution in [0.25, 0.3) is 0 Å². The second-order valence-electron chi connectivity index (χ2n) is 2.84. The number of rotatable bonds is 2. The normalized spacial score (nSPS) is 10.2. The van der Waals surface area contributed by atoms with Gasteiger partial charge < -0.3 is 9.40 Å². The first-order valence-electron chi connectivity index (χ1n) is 4.01. The topological polar surface area (TPSA) is 46.0 Å². The SMILES string of the molecule is Cc1ccc(C(=O)c2cc[nH]c2)o1. The Morgan fingerprint density at radius 3 is 2.77 bits per heavy atom. The van der Waals surface area contributed by atoms with E-state index in [1.807, 2.05) is 6.92 Å². The summed E-state index contributed by atoms with van der Waals surface area (Å²) in [4.78, 5) is 14.4. The number of hydrogen-bond donors (Lipinski definition) is 1. The van der Waals surface area contributed by atoms with Gasteiger partial charge in [-0.1, -0.05) is 0 Å². The lowest BCUT2D eigenvalue weighted by Crippen LogP contribution is -1.96. The van der Waals surface area contributed by atoms with Crippen LogP contribution in [0, 0.1) is 6.92 Å². The Hall–Kier alpha value is -1.77. The molecular weight excluding hydrogens is 166 g/mol. The summed E-state index contributed by atoms with van der Waals surface area (Å²) in [6, 6.07) is 5.19. The molecule has 13 heavy (non-hydrogen) atoms. The first kappa shape index (κ1) is 7.86. The van der Waals surface area contributed by atoms with Gasteiger partial charge in [0.25, 0.3) is 0 Å². The summed E-state index contributed by atoms with van der Waals surface area (Å²) in [5.74, 6) is 1.05. The van der Waals surface area contributed by atoms with Gasteiger partial charge in [0.15, 0.2) is 5.76 Å². The van der Waals surface area contributed by atoms with E-state index in [0.29, 0.717) is 11.3 Å². The highest BCUT2D eigenvalue weighted by Crippen LogP contribution is 2.11. The zero-order valence-corrected chi connectivity index (χ0v) is 7.20. The van der Waals surface area contributed by atoms with Gasteiger partial charge in [-0.05, 0) is 25.1 Å². The van der Waals surface area contributed by atoms with E-state index >= 15 is 0 Å². The highest BCUT2D eigenvalue weighted by atomic mass is 16.3. The smallest absolute Gasteiger partial charge is 0.229 e. The molecule has 0 aliphatic rings. The van der Waals surface area contributed by atoms with Crippen LogP contribution < -0.4 is 0 Å². The maximum atomic E-state index is 11.6. The molecule has 1 N–H and O–H groups in total. The first-order chi connectivity index (χ1) is 6.27. The van der Waals surface area contributed by atoms with Gasteiger partial charge in [-0.3, -0.25) is 4.79 Å². The fourth-order valence-corrected chi connectivity index (χ4v) is 1.16. The number of hydrogen-bond acceptors (Lipinski definition) is 2. The van der Waals surface area contributed by atoms with Gasteiger partial charge in [-0.15, -0.1) is 0 Å². The summed E-state index contributed by atoms with van der Waals surface area (Å²) >= 11 is 0. The van der Waals surface area contributed by atoms with Crippen molar-refractivity contribution in [1.82, 2.24) is 4.98 Å². The molecule has 0 saturated heterocycles. The Labute approximate surface area is 75.4 Å². The fraction of sp³-hybridized carbons (Fsp3) is 0.100.